The fourth-order valence-electron chi connectivity index (χ4n) is 2.23. The fourth-order valence-corrected chi connectivity index (χ4v) is 3.91. The molecule has 0 saturated heterocycles. The highest BCUT2D eigenvalue weighted by molar-refractivity contribution is 7.98. The van der Waals surface area contributed by atoms with Crippen molar-refractivity contribution in [2.75, 3.05) is 0 Å². The molecule has 0 amide bonds. The second-order valence-corrected chi connectivity index (χ2v) is 6.84. The molecule has 2 rings (SSSR count). The number of halogens is 1. The smallest absolute Gasteiger partial charge is 0.0451 e. The van der Waals surface area contributed by atoms with Crippen molar-refractivity contribution in [2.24, 2.45) is 5.73 Å². The first kappa shape index (κ1) is 16.4. The van der Waals surface area contributed by atoms with Crippen molar-refractivity contribution in [3.05, 3.63) is 70.2 Å². The summed E-state index contributed by atoms with van der Waals surface area (Å²) in [4.78, 5) is 0. The number of thioether (sulfide) groups is 1. The van der Waals surface area contributed by atoms with Crippen molar-refractivity contribution in [3.63, 3.8) is 0 Å². The fraction of sp³-hybridized carbons (Fsp3) is 0.333. The standard InChI is InChI=1S/C18H22ClNS/c1-3-17(20)18(14-10-8-13(2)9-11-14)21-12-15-6-4-5-7-16(15)19/h4-11,17-18H,3,12,20H2,1-2H3. The molecule has 2 aromatic rings. The Bertz CT molecular complexity index is 568. The molecule has 0 fully saturated rings. The van der Waals surface area contributed by atoms with Crippen LogP contribution in [0.2, 0.25) is 5.02 Å². The van der Waals surface area contributed by atoms with Gasteiger partial charge in [-0.3, -0.25) is 0 Å². The number of aryl methyl sites for hydroxylation is 1. The Balaban J connectivity index is 2.14. The molecule has 0 aromatic heterocycles. The summed E-state index contributed by atoms with van der Waals surface area (Å²) in [6.45, 7) is 4.25. The highest BCUT2D eigenvalue weighted by Gasteiger charge is 2.19. The van der Waals surface area contributed by atoms with Crippen molar-refractivity contribution < 1.29 is 0 Å². The van der Waals surface area contributed by atoms with E-state index < -0.39 is 0 Å². The van der Waals surface area contributed by atoms with Crippen LogP contribution in [0.3, 0.4) is 0 Å². The van der Waals surface area contributed by atoms with E-state index in [0.29, 0.717) is 5.25 Å². The second kappa shape index (κ2) is 7.88. The molecule has 2 unspecified atom stereocenters. The number of hydrogen-bond donors (Lipinski definition) is 1. The van der Waals surface area contributed by atoms with Crippen LogP contribution in [-0.2, 0) is 5.75 Å². The van der Waals surface area contributed by atoms with Crippen LogP contribution < -0.4 is 5.73 Å². The van der Waals surface area contributed by atoms with Crippen molar-refractivity contribution in [3.8, 4) is 0 Å². The molecule has 0 heterocycles. The predicted octanol–water partition coefficient (Wildman–Crippen LogP) is 5.36. The zero-order chi connectivity index (χ0) is 15.2. The molecule has 0 aliphatic heterocycles. The van der Waals surface area contributed by atoms with E-state index in [0.717, 1.165) is 17.2 Å². The zero-order valence-corrected chi connectivity index (χ0v) is 14.1. The predicted molar refractivity (Wildman–Crippen MR) is 94.9 cm³/mol. The van der Waals surface area contributed by atoms with Crippen LogP contribution in [0.4, 0.5) is 0 Å². The normalized spacial score (nSPS) is 13.9. The van der Waals surface area contributed by atoms with Gasteiger partial charge in [0.25, 0.3) is 0 Å². The quantitative estimate of drug-likeness (QED) is 0.775. The third kappa shape index (κ3) is 4.50. The van der Waals surface area contributed by atoms with E-state index in [1.165, 1.54) is 16.7 Å². The van der Waals surface area contributed by atoms with Gasteiger partial charge in [-0.25, -0.2) is 0 Å². The molecule has 0 bridgehead atoms. The molecule has 112 valence electrons. The molecule has 2 atom stereocenters. The van der Waals surface area contributed by atoms with Gasteiger partial charge >= 0.3 is 0 Å². The summed E-state index contributed by atoms with van der Waals surface area (Å²) in [5.41, 5.74) is 10.1. The van der Waals surface area contributed by atoms with Gasteiger partial charge in [-0.1, -0.05) is 66.6 Å². The zero-order valence-electron chi connectivity index (χ0n) is 12.6. The molecule has 2 N–H and O–H groups in total. The van der Waals surface area contributed by atoms with Crippen LogP contribution >= 0.6 is 23.4 Å². The van der Waals surface area contributed by atoms with Crippen molar-refractivity contribution in [2.45, 2.75) is 37.3 Å². The van der Waals surface area contributed by atoms with Crippen LogP contribution in [0.25, 0.3) is 0 Å². The van der Waals surface area contributed by atoms with Gasteiger partial charge in [-0.15, -0.1) is 11.8 Å². The molecule has 0 spiro atoms. The Labute approximate surface area is 136 Å². The van der Waals surface area contributed by atoms with Gasteiger partial charge in [0.15, 0.2) is 0 Å². The summed E-state index contributed by atoms with van der Waals surface area (Å²) in [7, 11) is 0. The van der Waals surface area contributed by atoms with E-state index in [-0.39, 0.29) is 6.04 Å². The summed E-state index contributed by atoms with van der Waals surface area (Å²) < 4.78 is 0. The average Bonchev–Trinajstić information content (AvgIpc) is 2.50. The highest BCUT2D eigenvalue weighted by atomic mass is 35.5. The Morgan fingerprint density at radius 2 is 1.76 bits per heavy atom. The van der Waals surface area contributed by atoms with E-state index in [1.54, 1.807) is 0 Å². The Morgan fingerprint density at radius 1 is 1.10 bits per heavy atom. The summed E-state index contributed by atoms with van der Waals surface area (Å²) in [6, 6.07) is 16.9. The molecule has 0 saturated carbocycles. The van der Waals surface area contributed by atoms with Gasteiger partial charge < -0.3 is 5.73 Å². The van der Waals surface area contributed by atoms with Crippen molar-refractivity contribution >= 4 is 23.4 Å². The minimum Gasteiger partial charge on any atom is -0.326 e. The largest absolute Gasteiger partial charge is 0.326 e. The summed E-state index contributed by atoms with van der Waals surface area (Å²) in [5, 5.41) is 1.13. The second-order valence-electron chi connectivity index (χ2n) is 5.31. The third-order valence-corrected chi connectivity index (χ3v) is 5.47. The molecule has 0 aliphatic rings. The van der Waals surface area contributed by atoms with E-state index in [1.807, 2.05) is 30.0 Å². The molecule has 0 aliphatic carbocycles. The molecule has 21 heavy (non-hydrogen) atoms. The first-order valence-corrected chi connectivity index (χ1v) is 8.71. The van der Waals surface area contributed by atoms with Gasteiger partial charge in [-0.05, 0) is 30.5 Å². The molecular weight excluding hydrogens is 298 g/mol. The molecule has 3 heteroatoms. The Hall–Kier alpha value is -0.960. The van der Waals surface area contributed by atoms with E-state index in [4.69, 9.17) is 17.3 Å². The number of hydrogen-bond acceptors (Lipinski definition) is 2. The van der Waals surface area contributed by atoms with Gasteiger partial charge in [0.05, 0.1) is 0 Å². The summed E-state index contributed by atoms with van der Waals surface area (Å²) in [6.07, 6.45) is 0.966. The lowest BCUT2D eigenvalue weighted by atomic mass is 10.0. The van der Waals surface area contributed by atoms with Gasteiger partial charge in [-0.2, -0.15) is 0 Å². The maximum absolute atomic E-state index is 6.34. The lowest BCUT2D eigenvalue weighted by Gasteiger charge is -2.23. The van der Waals surface area contributed by atoms with E-state index >= 15 is 0 Å². The minimum atomic E-state index is 0.153. The number of rotatable bonds is 6. The molecule has 2 aromatic carbocycles. The van der Waals surface area contributed by atoms with Crippen LogP contribution in [0.15, 0.2) is 48.5 Å². The van der Waals surface area contributed by atoms with Crippen LogP contribution in [-0.4, -0.2) is 6.04 Å². The average molecular weight is 320 g/mol. The van der Waals surface area contributed by atoms with Crippen LogP contribution in [0.1, 0.15) is 35.3 Å². The first-order chi connectivity index (χ1) is 10.1. The topological polar surface area (TPSA) is 26.0 Å². The van der Waals surface area contributed by atoms with Crippen LogP contribution in [0.5, 0.6) is 0 Å². The molecule has 0 radical (unpaired) electrons. The Morgan fingerprint density at radius 3 is 2.38 bits per heavy atom. The van der Waals surface area contributed by atoms with Gasteiger partial charge in [0.1, 0.15) is 0 Å². The third-order valence-electron chi connectivity index (χ3n) is 3.64. The molecule has 1 nitrogen and oxygen atoms in total. The van der Waals surface area contributed by atoms with E-state index in [2.05, 4.69) is 44.2 Å². The van der Waals surface area contributed by atoms with E-state index in [9.17, 15) is 0 Å². The minimum absolute atomic E-state index is 0.153. The maximum atomic E-state index is 6.34. The maximum Gasteiger partial charge on any atom is 0.0451 e. The van der Waals surface area contributed by atoms with Crippen LogP contribution in [0, 0.1) is 6.92 Å². The molecular formula is C18H22ClNS. The monoisotopic (exact) mass is 319 g/mol. The SMILES string of the molecule is CCC(N)C(SCc1ccccc1Cl)c1ccc(C)cc1. The Kier molecular flexibility index (Phi) is 6.16. The lowest BCUT2D eigenvalue weighted by molar-refractivity contribution is 0.634. The van der Waals surface area contributed by atoms with Gasteiger partial charge in [0, 0.05) is 22.1 Å². The first-order valence-electron chi connectivity index (χ1n) is 7.29. The lowest BCUT2D eigenvalue weighted by Crippen LogP contribution is -2.25. The summed E-state index contributed by atoms with van der Waals surface area (Å²) >= 11 is 8.11. The van der Waals surface area contributed by atoms with Gasteiger partial charge in [0.2, 0.25) is 0 Å². The summed E-state index contributed by atoms with van der Waals surface area (Å²) in [5.74, 6) is 0.881. The van der Waals surface area contributed by atoms with Crippen molar-refractivity contribution in [1.29, 1.82) is 0 Å². The van der Waals surface area contributed by atoms with Crippen molar-refractivity contribution in [1.82, 2.24) is 0 Å². The number of nitrogens with two attached hydrogens (primary N) is 1. The highest BCUT2D eigenvalue weighted by Crippen LogP contribution is 2.36. The number of benzene rings is 2.